The molecule has 0 atom stereocenters. The molecule has 4 heteroatoms. The van der Waals surface area contributed by atoms with Crippen molar-refractivity contribution in [3.8, 4) is 0 Å². The van der Waals surface area contributed by atoms with Crippen LogP contribution in [0.3, 0.4) is 0 Å². The van der Waals surface area contributed by atoms with Gasteiger partial charge in [0.1, 0.15) is 0 Å². The molecule has 42 heavy (non-hydrogen) atoms. The summed E-state index contributed by atoms with van der Waals surface area (Å²) in [5.74, 6) is 0.846. The van der Waals surface area contributed by atoms with Crippen molar-refractivity contribution in [2.45, 2.75) is 79.1 Å². The highest BCUT2D eigenvalue weighted by atomic mass is 16.1. The van der Waals surface area contributed by atoms with E-state index in [9.17, 15) is 9.59 Å². The van der Waals surface area contributed by atoms with E-state index in [1.165, 1.54) is 22.3 Å². The minimum absolute atomic E-state index is 0.138. The average molecular weight is 559 g/mol. The summed E-state index contributed by atoms with van der Waals surface area (Å²) < 4.78 is 0. The third kappa shape index (κ3) is 5.15. The lowest BCUT2D eigenvalue weighted by atomic mass is 9.81. The predicted molar refractivity (Wildman–Crippen MR) is 176 cm³/mol. The number of carbonyl (C=O) groups is 2. The molecule has 216 valence electrons. The van der Waals surface area contributed by atoms with Crippen molar-refractivity contribution in [1.82, 2.24) is 0 Å². The first-order chi connectivity index (χ1) is 20.0. The number of hydrogen-bond acceptors (Lipinski definition) is 4. The molecule has 1 aliphatic carbocycles. The standard InChI is InChI=1S/C38H42N2O2/c1-21(2)25-15-11-16-26(22(3)4)35(25)39-31-19-20-32(40-36-27(23(5)6)17-12-18-28(36)24(7)8)34-33(31)37(41)29-13-9-10-14-30(29)38(34)42/h9-24,39-40H,1-8H3. The maximum atomic E-state index is 14.2. The lowest BCUT2D eigenvalue weighted by Crippen LogP contribution is -2.24. The van der Waals surface area contributed by atoms with Crippen molar-refractivity contribution in [2.75, 3.05) is 10.6 Å². The summed E-state index contributed by atoms with van der Waals surface area (Å²) in [4.78, 5) is 28.5. The average Bonchev–Trinajstić information content (AvgIpc) is 2.96. The summed E-state index contributed by atoms with van der Waals surface area (Å²) in [6.07, 6.45) is 0. The fourth-order valence-corrected chi connectivity index (χ4v) is 6.09. The van der Waals surface area contributed by atoms with Gasteiger partial charge in [0.2, 0.25) is 0 Å². The fraction of sp³-hybridized carbons (Fsp3) is 0.316. The van der Waals surface area contributed by atoms with Gasteiger partial charge >= 0.3 is 0 Å². The molecule has 0 radical (unpaired) electrons. The number of para-hydroxylation sites is 2. The molecule has 0 bridgehead atoms. The van der Waals surface area contributed by atoms with Crippen molar-refractivity contribution in [3.63, 3.8) is 0 Å². The van der Waals surface area contributed by atoms with Gasteiger partial charge in [-0.15, -0.1) is 0 Å². The van der Waals surface area contributed by atoms with Crippen LogP contribution in [0.1, 0.15) is 133 Å². The summed E-state index contributed by atoms with van der Waals surface area (Å²) in [6, 6.07) is 23.8. The molecule has 1 aliphatic rings. The Morgan fingerprint density at radius 2 is 0.738 bits per heavy atom. The summed E-state index contributed by atoms with van der Waals surface area (Å²) in [7, 11) is 0. The largest absolute Gasteiger partial charge is 0.354 e. The molecule has 0 saturated heterocycles. The number of hydrogen-bond donors (Lipinski definition) is 2. The van der Waals surface area contributed by atoms with Crippen LogP contribution in [0, 0.1) is 0 Å². The Hall–Kier alpha value is -4.18. The van der Waals surface area contributed by atoms with Crippen LogP contribution in [0.15, 0.2) is 72.8 Å². The first-order valence-corrected chi connectivity index (χ1v) is 15.2. The molecule has 4 aromatic rings. The van der Waals surface area contributed by atoms with E-state index in [0.29, 0.717) is 33.6 Å². The first kappa shape index (κ1) is 29.3. The highest BCUT2D eigenvalue weighted by molar-refractivity contribution is 6.32. The van der Waals surface area contributed by atoms with Crippen LogP contribution in [-0.2, 0) is 0 Å². The zero-order chi connectivity index (χ0) is 30.3. The second-order valence-electron chi connectivity index (χ2n) is 12.6. The second-order valence-corrected chi connectivity index (χ2v) is 12.6. The molecule has 0 aromatic heterocycles. The summed E-state index contributed by atoms with van der Waals surface area (Å²) >= 11 is 0. The van der Waals surface area contributed by atoms with Gasteiger partial charge in [-0.2, -0.15) is 0 Å². The van der Waals surface area contributed by atoms with Gasteiger partial charge in [-0.1, -0.05) is 116 Å². The van der Waals surface area contributed by atoms with E-state index >= 15 is 0 Å². The number of carbonyl (C=O) groups excluding carboxylic acids is 2. The van der Waals surface area contributed by atoms with Gasteiger partial charge in [0.15, 0.2) is 11.6 Å². The third-order valence-corrected chi connectivity index (χ3v) is 8.34. The van der Waals surface area contributed by atoms with E-state index in [-0.39, 0.29) is 35.2 Å². The number of benzene rings is 4. The van der Waals surface area contributed by atoms with Gasteiger partial charge in [-0.05, 0) is 58.1 Å². The number of ketones is 2. The van der Waals surface area contributed by atoms with Crippen LogP contribution in [0.25, 0.3) is 0 Å². The summed E-state index contributed by atoms with van der Waals surface area (Å²) in [5.41, 5.74) is 9.78. The zero-order valence-electron chi connectivity index (χ0n) is 26.1. The number of anilines is 4. The van der Waals surface area contributed by atoms with Gasteiger partial charge in [0, 0.05) is 22.5 Å². The molecule has 4 aromatic carbocycles. The molecule has 0 spiro atoms. The lowest BCUT2D eigenvalue weighted by Gasteiger charge is -2.27. The minimum Gasteiger partial charge on any atom is -0.354 e. The van der Waals surface area contributed by atoms with Gasteiger partial charge in [0.05, 0.1) is 22.5 Å². The van der Waals surface area contributed by atoms with Crippen molar-refractivity contribution in [3.05, 3.63) is 117 Å². The fourth-order valence-electron chi connectivity index (χ4n) is 6.09. The van der Waals surface area contributed by atoms with E-state index in [1.54, 1.807) is 12.1 Å². The Bertz CT molecular complexity index is 1500. The Kier molecular flexibility index (Phi) is 8.10. The van der Waals surface area contributed by atoms with E-state index in [4.69, 9.17) is 0 Å². The summed E-state index contributed by atoms with van der Waals surface area (Å²) in [6.45, 7) is 17.4. The van der Waals surface area contributed by atoms with Gasteiger partial charge in [0.25, 0.3) is 0 Å². The van der Waals surface area contributed by atoms with Crippen LogP contribution in [-0.4, -0.2) is 11.6 Å². The Morgan fingerprint density at radius 1 is 0.429 bits per heavy atom. The molecular formula is C38H42N2O2. The quantitative estimate of drug-likeness (QED) is 0.199. The maximum Gasteiger partial charge on any atom is 0.196 e. The molecule has 2 N–H and O–H groups in total. The molecule has 5 rings (SSSR count). The SMILES string of the molecule is CC(C)c1cccc(C(C)C)c1Nc1ccc(Nc2c(C(C)C)cccc2C(C)C)c2c1C(=O)c1ccccc1C2=O. The molecule has 0 unspecified atom stereocenters. The molecule has 0 fully saturated rings. The normalized spacial score (nSPS) is 12.8. The smallest absolute Gasteiger partial charge is 0.196 e. The highest BCUT2D eigenvalue weighted by Crippen LogP contribution is 2.43. The minimum atomic E-state index is -0.138. The van der Waals surface area contributed by atoms with Gasteiger partial charge in [-0.25, -0.2) is 0 Å². The Labute approximate surface area is 250 Å². The lowest BCUT2D eigenvalue weighted by molar-refractivity contribution is 0.0980. The van der Waals surface area contributed by atoms with Crippen molar-refractivity contribution in [1.29, 1.82) is 0 Å². The zero-order valence-corrected chi connectivity index (χ0v) is 26.1. The maximum absolute atomic E-state index is 14.2. The number of rotatable bonds is 8. The summed E-state index contributed by atoms with van der Waals surface area (Å²) in [5, 5.41) is 7.33. The Balaban J connectivity index is 1.75. The monoisotopic (exact) mass is 558 g/mol. The van der Waals surface area contributed by atoms with Crippen LogP contribution in [0.2, 0.25) is 0 Å². The van der Waals surface area contributed by atoms with Gasteiger partial charge < -0.3 is 10.6 Å². The van der Waals surface area contributed by atoms with Crippen LogP contribution >= 0.6 is 0 Å². The van der Waals surface area contributed by atoms with E-state index in [1.807, 2.05) is 24.3 Å². The second kappa shape index (κ2) is 11.6. The van der Waals surface area contributed by atoms with Crippen molar-refractivity contribution in [2.24, 2.45) is 0 Å². The molecule has 0 aliphatic heterocycles. The first-order valence-electron chi connectivity index (χ1n) is 15.2. The molecule has 4 nitrogen and oxygen atoms in total. The highest BCUT2D eigenvalue weighted by Gasteiger charge is 2.34. The van der Waals surface area contributed by atoms with Gasteiger partial charge in [-0.3, -0.25) is 9.59 Å². The van der Waals surface area contributed by atoms with Crippen LogP contribution < -0.4 is 10.6 Å². The molecule has 0 amide bonds. The van der Waals surface area contributed by atoms with Crippen molar-refractivity contribution >= 4 is 34.3 Å². The Morgan fingerprint density at radius 3 is 1.02 bits per heavy atom. The van der Waals surface area contributed by atoms with Crippen LogP contribution in [0.4, 0.5) is 22.7 Å². The third-order valence-electron chi connectivity index (χ3n) is 8.34. The molecule has 0 heterocycles. The molecular weight excluding hydrogens is 516 g/mol. The molecule has 0 saturated carbocycles. The number of fused-ring (bicyclic) bond motifs is 2. The predicted octanol–water partition coefficient (Wildman–Crippen LogP) is 10.4. The van der Waals surface area contributed by atoms with E-state index in [0.717, 1.165) is 11.4 Å². The topological polar surface area (TPSA) is 58.2 Å². The van der Waals surface area contributed by atoms with Crippen molar-refractivity contribution < 1.29 is 9.59 Å². The van der Waals surface area contributed by atoms with Crippen LogP contribution in [0.5, 0.6) is 0 Å². The van der Waals surface area contributed by atoms with E-state index in [2.05, 4.69) is 102 Å². The van der Waals surface area contributed by atoms with E-state index < -0.39 is 0 Å². The number of nitrogens with one attached hydrogen (secondary N) is 2.